The maximum absolute atomic E-state index is 12.5. The van der Waals surface area contributed by atoms with Crippen LogP contribution in [-0.4, -0.2) is 40.1 Å². The molecule has 1 fully saturated rings. The Morgan fingerprint density at radius 2 is 2.26 bits per heavy atom. The molecular weight excluding hydrogens is 264 g/mol. The molecule has 1 aromatic heterocycles. The first-order chi connectivity index (χ1) is 9.15. The number of carbonyl (C=O) groups is 1. The minimum Gasteiger partial charge on any atom is -0.395 e. The highest BCUT2D eigenvalue weighted by molar-refractivity contribution is 6.29. The molecule has 104 valence electrons. The fourth-order valence-corrected chi connectivity index (χ4v) is 2.39. The smallest absolute Gasteiger partial charge is 0.254 e. The van der Waals surface area contributed by atoms with Crippen LogP contribution in [0, 0.1) is 0 Å². The molecule has 2 rings (SSSR count). The van der Waals surface area contributed by atoms with Gasteiger partial charge in [0.1, 0.15) is 5.15 Å². The molecule has 1 aliphatic rings. The number of hydrogen-bond acceptors (Lipinski definition) is 3. The topological polar surface area (TPSA) is 53.4 Å². The van der Waals surface area contributed by atoms with Crippen LogP contribution < -0.4 is 0 Å². The van der Waals surface area contributed by atoms with Crippen molar-refractivity contribution in [3.8, 4) is 0 Å². The number of nitrogens with zero attached hydrogens (tertiary/aromatic N) is 2. The Kier molecular flexibility index (Phi) is 4.77. The molecule has 0 aromatic carbocycles. The van der Waals surface area contributed by atoms with E-state index in [1.807, 2.05) is 6.07 Å². The first kappa shape index (κ1) is 14.3. The van der Waals surface area contributed by atoms with Gasteiger partial charge in [-0.2, -0.15) is 0 Å². The minimum absolute atomic E-state index is 0.0110. The zero-order valence-electron chi connectivity index (χ0n) is 11.1. The summed E-state index contributed by atoms with van der Waals surface area (Å²) in [5.74, 6) is -0.0572. The molecule has 0 saturated heterocycles. The Morgan fingerprint density at radius 1 is 1.53 bits per heavy atom. The van der Waals surface area contributed by atoms with E-state index in [1.54, 1.807) is 11.0 Å². The molecule has 4 nitrogen and oxygen atoms in total. The second kappa shape index (κ2) is 6.35. The molecule has 5 heteroatoms. The van der Waals surface area contributed by atoms with Crippen LogP contribution in [0.25, 0.3) is 0 Å². The zero-order chi connectivity index (χ0) is 13.8. The lowest BCUT2D eigenvalue weighted by Crippen LogP contribution is -2.35. The van der Waals surface area contributed by atoms with Crippen LogP contribution in [0.5, 0.6) is 0 Å². The minimum atomic E-state index is -0.0572. The van der Waals surface area contributed by atoms with Crippen LogP contribution >= 0.6 is 11.6 Å². The highest BCUT2D eigenvalue weighted by Crippen LogP contribution is 2.28. The van der Waals surface area contributed by atoms with Crippen LogP contribution in [-0.2, 0) is 6.42 Å². The van der Waals surface area contributed by atoms with E-state index in [1.165, 1.54) is 0 Å². The van der Waals surface area contributed by atoms with Crippen LogP contribution in [0.4, 0.5) is 0 Å². The van der Waals surface area contributed by atoms with Crippen LogP contribution in [0.15, 0.2) is 12.1 Å². The van der Waals surface area contributed by atoms with Gasteiger partial charge in [-0.15, -0.1) is 0 Å². The average Bonchev–Trinajstić information content (AvgIpc) is 3.19. The van der Waals surface area contributed by atoms with Crippen molar-refractivity contribution < 1.29 is 9.90 Å². The van der Waals surface area contributed by atoms with Crippen molar-refractivity contribution in [1.82, 2.24) is 9.88 Å². The van der Waals surface area contributed by atoms with Crippen molar-refractivity contribution in [2.45, 2.75) is 38.6 Å². The Balaban J connectivity index is 2.21. The van der Waals surface area contributed by atoms with Gasteiger partial charge in [-0.1, -0.05) is 24.9 Å². The van der Waals surface area contributed by atoms with Gasteiger partial charge in [0, 0.05) is 23.8 Å². The Bertz CT molecular complexity index is 461. The third-order valence-corrected chi connectivity index (χ3v) is 3.38. The molecule has 0 atom stereocenters. The summed E-state index contributed by atoms with van der Waals surface area (Å²) in [6, 6.07) is 3.70. The molecule has 1 aliphatic carbocycles. The van der Waals surface area contributed by atoms with E-state index in [9.17, 15) is 4.79 Å². The maximum Gasteiger partial charge on any atom is 0.254 e. The number of halogens is 1. The van der Waals surface area contributed by atoms with Crippen LogP contribution in [0.3, 0.4) is 0 Å². The summed E-state index contributed by atoms with van der Waals surface area (Å²) in [5, 5.41) is 9.43. The summed E-state index contributed by atoms with van der Waals surface area (Å²) in [6.07, 6.45) is 3.81. The molecule has 0 radical (unpaired) electrons. The van der Waals surface area contributed by atoms with Gasteiger partial charge in [-0.05, 0) is 31.4 Å². The second-order valence-electron chi connectivity index (χ2n) is 4.87. The van der Waals surface area contributed by atoms with Gasteiger partial charge in [0.05, 0.1) is 6.61 Å². The number of aliphatic hydroxyl groups is 1. The van der Waals surface area contributed by atoms with E-state index in [0.717, 1.165) is 31.4 Å². The number of aliphatic hydroxyl groups excluding tert-OH is 1. The number of amides is 1. The van der Waals surface area contributed by atoms with E-state index in [4.69, 9.17) is 16.7 Å². The SMILES string of the molecule is CCCc1cc(C(=O)N(CCO)C2CC2)cc(Cl)n1. The second-order valence-corrected chi connectivity index (χ2v) is 5.26. The Morgan fingerprint density at radius 3 is 2.84 bits per heavy atom. The molecule has 19 heavy (non-hydrogen) atoms. The van der Waals surface area contributed by atoms with Gasteiger partial charge in [0.2, 0.25) is 0 Å². The molecule has 0 unspecified atom stereocenters. The Labute approximate surface area is 118 Å². The largest absolute Gasteiger partial charge is 0.395 e. The van der Waals surface area contributed by atoms with E-state index < -0.39 is 0 Å². The summed E-state index contributed by atoms with van der Waals surface area (Å²) in [4.78, 5) is 18.4. The molecule has 0 aliphatic heterocycles. The van der Waals surface area contributed by atoms with Crippen molar-refractivity contribution in [2.75, 3.05) is 13.2 Å². The number of hydrogen-bond donors (Lipinski definition) is 1. The highest BCUT2D eigenvalue weighted by atomic mass is 35.5. The number of aromatic nitrogens is 1. The third-order valence-electron chi connectivity index (χ3n) is 3.19. The van der Waals surface area contributed by atoms with Gasteiger partial charge < -0.3 is 10.0 Å². The van der Waals surface area contributed by atoms with Gasteiger partial charge >= 0.3 is 0 Å². The fourth-order valence-electron chi connectivity index (χ4n) is 2.17. The molecule has 1 saturated carbocycles. The summed E-state index contributed by atoms with van der Waals surface area (Å²) in [7, 11) is 0. The molecule has 0 bridgehead atoms. The summed E-state index contributed by atoms with van der Waals surface area (Å²) < 4.78 is 0. The zero-order valence-corrected chi connectivity index (χ0v) is 11.9. The predicted molar refractivity (Wildman–Crippen MR) is 74.4 cm³/mol. The lowest BCUT2D eigenvalue weighted by atomic mass is 10.1. The van der Waals surface area contributed by atoms with Crippen LogP contribution in [0.2, 0.25) is 5.15 Å². The van der Waals surface area contributed by atoms with Crippen molar-refractivity contribution in [3.63, 3.8) is 0 Å². The van der Waals surface area contributed by atoms with Crippen LogP contribution in [0.1, 0.15) is 42.2 Å². The standard InChI is InChI=1S/C14H19ClN2O2/c1-2-3-11-8-10(9-13(15)16-11)14(19)17(6-7-18)12-4-5-12/h8-9,12,18H,2-7H2,1H3. The van der Waals surface area contributed by atoms with Gasteiger partial charge in [-0.3, -0.25) is 4.79 Å². The lowest BCUT2D eigenvalue weighted by molar-refractivity contribution is 0.0707. The lowest BCUT2D eigenvalue weighted by Gasteiger charge is -2.21. The highest BCUT2D eigenvalue weighted by Gasteiger charge is 2.32. The maximum atomic E-state index is 12.5. The number of carbonyl (C=O) groups excluding carboxylic acids is 1. The first-order valence-electron chi connectivity index (χ1n) is 6.74. The normalized spacial score (nSPS) is 14.5. The number of pyridine rings is 1. The van der Waals surface area contributed by atoms with Gasteiger partial charge in [0.25, 0.3) is 5.91 Å². The van der Waals surface area contributed by atoms with Crippen molar-refractivity contribution in [1.29, 1.82) is 0 Å². The average molecular weight is 283 g/mol. The summed E-state index contributed by atoms with van der Waals surface area (Å²) in [6.45, 7) is 2.43. The molecule has 1 aromatic rings. The molecule has 1 N–H and O–H groups in total. The number of rotatable bonds is 6. The Hall–Kier alpha value is -1.13. The third kappa shape index (κ3) is 3.67. The molecule has 0 spiro atoms. The first-order valence-corrected chi connectivity index (χ1v) is 7.11. The molecule has 1 heterocycles. The van der Waals surface area contributed by atoms with E-state index in [0.29, 0.717) is 17.3 Å². The number of aryl methyl sites for hydroxylation is 1. The van der Waals surface area contributed by atoms with E-state index >= 15 is 0 Å². The van der Waals surface area contributed by atoms with Crippen molar-refractivity contribution in [2.24, 2.45) is 0 Å². The predicted octanol–water partition coefficient (Wildman–Crippen LogP) is 2.28. The molecular formula is C14H19ClN2O2. The van der Waals surface area contributed by atoms with E-state index in [-0.39, 0.29) is 18.6 Å². The fraction of sp³-hybridized carbons (Fsp3) is 0.571. The van der Waals surface area contributed by atoms with Gasteiger partial charge in [0.15, 0.2) is 0 Å². The summed E-state index contributed by atoms with van der Waals surface area (Å²) >= 11 is 5.98. The van der Waals surface area contributed by atoms with E-state index in [2.05, 4.69) is 11.9 Å². The summed E-state index contributed by atoms with van der Waals surface area (Å²) in [5.41, 5.74) is 1.42. The van der Waals surface area contributed by atoms with Gasteiger partial charge in [-0.25, -0.2) is 4.98 Å². The van der Waals surface area contributed by atoms with Crippen molar-refractivity contribution in [3.05, 3.63) is 28.5 Å². The molecule has 1 amide bonds. The monoisotopic (exact) mass is 282 g/mol. The van der Waals surface area contributed by atoms with Crippen molar-refractivity contribution >= 4 is 17.5 Å². The quantitative estimate of drug-likeness (QED) is 0.815.